The van der Waals surface area contributed by atoms with Gasteiger partial charge in [0.15, 0.2) is 0 Å². The number of carbonyl (C=O) groups is 1. The predicted octanol–water partition coefficient (Wildman–Crippen LogP) is 12.4. The third kappa shape index (κ3) is 34.9. The van der Waals surface area contributed by atoms with E-state index in [1.165, 1.54) is 0 Å². The molecule has 2 heteroatoms. The van der Waals surface area contributed by atoms with E-state index in [0.29, 0.717) is 13.0 Å². The number of hydrogen-bond donors (Lipinski definition) is 0. The SMILES string of the molecule is CCC=CCC=CCC=CCC=CCC=CCCCCOC(=O)CCCC=CCC=CCC=CCC=CCC=CCC. The van der Waals surface area contributed by atoms with Crippen LogP contribution in [0.5, 0.6) is 0 Å². The molecule has 0 aromatic carbocycles. The second-order valence-corrected chi connectivity index (χ2v) is 10.0. The van der Waals surface area contributed by atoms with Crippen LogP contribution in [0.3, 0.4) is 0 Å². The van der Waals surface area contributed by atoms with Crippen molar-refractivity contribution in [3.63, 3.8) is 0 Å². The summed E-state index contributed by atoms with van der Waals surface area (Å²) in [7, 11) is 0. The largest absolute Gasteiger partial charge is 0.466 e. The highest BCUT2D eigenvalue weighted by Gasteiger charge is 2.00. The van der Waals surface area contributed by atoms with Gasteiger partial charge in [0, 0.05) is 6.42 Å². The van der Waals surface area contributed by atoms with E-state index in [9.17, 15) is 4.79 Å². The molecule has 0 aliphatic carbocycles. The fourth-order valence-electron chi connectivity index (χ4n) is 3.72. The van der Waals surface area contributed by atoms with Crippen LogP contribution >= 0.6 is 0 Å². The standard InChI is InChI=1S/C40H60O2/c1-3-5-7-9-11-13-15-17-19-21-23-25-27-29-31-33-35-37-39-42-40(41)38-36-34-32-30-28-26-24-22-20-18-16-14-12-10-8-6-4-2/h5-8,11-14,17-20,23-26,29-32H,3-4,9-10,15-16,21-22,27-28,33-39H2,1-2H3. The monoisotopic (exact) mass is 572 g/mol. The Hall–Kier alpha value is -3.13. The summed E-state index contributed by atoms with van der Waals surface area (Å²) in [5, 5.41) is 0. The fraction of sp³-hybridized carbons (Fsp3) is 0.475. The van der Waals surface area contributed by atoms with E-state index in [2.05, 4.69) is 135 Å². The zero-order valence-corrected chi connectivity index (χ0v) is 26.9. The van der Waals surface area contributed by atoms with Gasteiger partial charge in [0.25, 0.3) is 0 Å². The molecule has 0 unspecified atom stereocenters. The minimum Gasteiger partial charge on any atom is -0.466 e. The number of esters is 1. The molecule has 42 heavy (non-hydrogen) atoms. The van der Waals surface area contributed by atoms with Crippen LogP contribution in [0.1, 0.15) is 117 Å². The van der Waals surface area contributed by atoms with Gasteiger partial charge in [0.1, 0.15) is 0 Å². The summed E-state index contributed by atoms with van der Waals surface area (Å²) in [4.78, 5) is 11.9. The lowest BCUT2D eigenvalue weighted by Crippen LogP contribution is -2.05. The lowest BCUT2D eigenvalue weighted by Gasteiger charge is -2.03. The topological polar surface area (TPSA) is 26.3 Å². The molecular formula is C40H60O2. The Balaban J connectivity index is 3.54. The van der Waals surface area contributed by atoms with Crippen molar-refractivity contribution in [2.45, 2.75) is 117 Å². The molecule has 2 nitrogen and oxygen atoms in total. The maximum atomic E-state index is 11.9. The van der Waals surface area contributed by atoms with Crippen molar-refractivity contribution in [2.24, 2.45) is 0 Å². The first kappa shape index (κ1) is 38.9. The summed E-state index contributed by atoms with van der Waals surface area (Å²) in [5.74, 6) is -0.0720. The highest BCUT2D eigenvalue weighted by atomic mass is 16.5. The summed E-state index contributed by atoms with van der Waals surface area (Å²) < 4.78 is 5.36. The molecule has 0 N–H and O–H groups in total. The average Bonchev–Trinajstić information content (AvgIpc) is 3.00. The van der Waals surface area contributed by atoms with Crippen LogP contribution in [0.4, 0.5) is 0 Å². The molecule has 0 bridgehead atoms. The number of carbonyl (C=O) groups excluding carboxylic acids is 1. The van der Waals surface area contributed by atoms with Crippen LogP contribution in [0.25, 0.3) is 0 Å². The van der Waals surface area contributed by atoms with Gasteiger partial charge in [-0.3, -0.25) is 4.79 Å². The maximum Gasteiger partial charge on any atom is 0.305 e. The Labute approximate surface area is 259 Å². The van der Waals surface area contributed by atoms with Crippen molar-refractivity contribution in [2.75, 3.05) is 6.61 Å². The fourth-order valence-corrected chi connectivity index (χ4v) is 3.72. The van der Waals surface area contributed by atoms with E-state index in [4.69, 9.17) is 4.74 Å². The zero-order valence-electron chi connectivity index (χ0n) is 26.9. The molecule has 0 heterocycles. The van der Waals surface area contributed by atoms with E-state index < -0.39 is 0 Å². The first-order valence-electron chi connectivity index (χ1n) is 16.5. The third-order valence-electron chi connectivity index (χ3n) is 6.10. The van der Waals surface area contributed by atoms with Gasteiger partial charge in [-0.2, -0.15) is 0 Å². The van der Waals surface area contributed by atoms with Gasteiger partial charge in [-0.15, -0.1) is 0 Å². The number of unbranched alkanes of at least 4 members (excludes halogenated alkanes) is 3. The van der Waals surface area contributed by atoms with Crippen molar-refractivity contribution >= 4 is 5.97 Å². The minimum absolute atomic E-state index is 0.0720. The Kier molecular flexibility index (Phi) is 33.2. The molecular weight excluding hydrogens is 512 g/mol. The van der Waals surface area contributed by atoms with Gasteiger partial charge in [0.2, 0.25) is 0 Å². The Morgan fingerprint density at radius 2 is 0.714 bits per heavy atom. The Morgan fingerprint density at radius 3 is 1.07 bits per heavy atom. The summed E-state index contributed by atoms with van der Waals surface area (Å²) >= 11 is 0. The van der Waals surface area contributed by atoms with Gasteiger partial charge in [-0.05, 0) is 96.3 Å². The van der Waals surface area contributed by atoms with E-state index in [0.717, 1.165) is 96.3 Å². The lowest BCUT2D eigenvalue weighted by molar-refractivity contribution is -0.143. The second kappa shape index (κ2) is 35.9. The van der Waals surface area contributed by atoms with E-state index in [1.54, 1.807) is 0 Å². The molecule has 0 fully saturated rings. The average molecular weight is 573 g/mol. The van der Waals surface area contributed by atoms with Crippen LogP contribution in [0.15, 0.2) is 122 Å². The molecule has 0 saturated heterocycles. The number of allylic oxidation sites excluding steroid dienone is 20. The van der Waals surface area contributed by atoms with Crippen molar-refractivity contribution in [3.05, 3.63) is 122 Å². The molecule has 0 rings (SSSR count). The smallest absolute Gasteiger partial charge is 0.305 e. The van der Waals surface area contributed by atoms with E-state index in [1.807, 2.05) is 0 Å². The summed E-state index contributed by atoms with van der Waals surface area (Å²) in [5.41, 5.74) is 0. The normalized spacial score (nSPS) is 13.3. The zero-order chi connectivity index (χ0) is 30.4. The van der Waals surface area contributed by atoms with Crippen LogP contribution in [-0.2, 0) is 9.53 Å². The number of ether oxygens (including phenoxy) is 1. The third-order valence-corrected chi connectivity index (χ3v) is 6.10. The van der Waals surface area contributed by atoms with Gasteiger partial charge in [-0.25, -0.2) is 0 Å². The van der Waals surface area contributed by atoms with Crippen molar-refractivity contribution < 1.29 is 9.53 Å². The summed E-state index contributed by atoms with van der Waals surface area (Å²) in [6, 6.07) is 0. The first-order valence-corrected chi connectivity index (χ1v) is 16.5. The van der Waals surface area contributed by atoms with Gasteiger partial charge in [-0.1, -0.05) is 135 Å². The van der Waals surface area contributed by atoms with Crippen molar-refractivity contribution in [3.8, 4) is 0 Å². The van der Waals surface area contributed by atoms with Crippen LogP contribution < -0.4 is 0 Å². The van der Waals surface area contributed by atoms with Crippen molar-refractivity contribution in [1.29, 1.82) is 0 Å². The molecule has 0 saturated carbocycles. The molecule has 0 atom stereocenters. The quantitative estimate of drug-likeness (QED) is 0.0556. The molecule has 0 spiro atoms. The molecule has 0 radical (unpaired) electrons. The molecule has 0 amide bonds. The van der Waals surface area contributed by atoms with Gasteiger partial charge >= 0.3 is 5.97 Å². The van der Waals surface area contributed by atoms with Crippen LogP contribution in [0, 0.1) is 0 Å². The maximum absolute atomic E-state index is 11.9. The minimum atomic E-state index is -0.0720. The molecule has 0 aliphatic heterocycles. The Morgan fingerprint density at radius 1 is 0.405 bits per heavy atom. The molecule has 0 aromatic heterocycles. The van der Waals surface area contributed by atoms with Crippen molar-refractivity contribution in [1.82, 2.24) is 0 Å². The molecule has 0 aromatic rings. The number of hydrogen-bond acceptors (Lipinski definition) is 2. The summed E-state index contributed by atoms with van der Waals surface area (Å²) in [6.07, 6.45) is 59.6. The van der Waals surface area contributed by atoms with E-state index >= 15 is 0 Å². The number of rotatable bonds is 27. The van der Waals surface area contributed by atoms with Gasteiger partial charge in [0.05, 0.1) is 6.61 Å². The van der Waals surface area contributed by atoms with Gasteiger partial charge < -0.3 is 4.74 Å². The predicted molar refractivity (Wildman–Crippen MR) is 188 cm³/mol. The first-order chi connectivity index (χ1) is 20.8. The van der Waals surface area contributed by atoms with E-state index in [-0.39, 0.29) is 5.97 Å². The molecule has 0 aliphatic rings. The second-order valence-electron chi connectivity index (χ2n) is 10.0. The molecule has 232 valence electrons. The highest BCUT2D eigenvalue weighted by molar-refractivity contribution is 5.69. The lowest BCUT2D eigenvalue weighted by atomic mass is 10.2. The summed E-state index contributed by atoms with van der Waals surface area (Å²) in [6.45, 7) is 4.85. The van der Waals surface area contributed by atoms with Crippen LogP contribution in [0.2, 0.25) is 0 Å². The van der Waals surface area contributed by atoms with Crippen LogP contribution in [-0.4, -0.2) is 12.6 Å². The Bertz CT molecular complexity index is 887. The highest BCUT2D eigenvalue weighted by Crippen LogP contribution is 2.04.